The van der Waals surface area contributed by atoms with E-state index in [9.17, 15) is 9.59 Å². The van der Waals surface area contributed by atoms with Crippen LogP contribution >= 0.6 is 0 Å². The van der Waals surface area contributed by atoms with Gasteiger partial charge in [-0.05, 0) is 42.0 Å². The molecule has 2 aromatic carbocycles. The molecule has 136 valence electrons. The highest BCUT2D eigenvalue weighted by Crippen LogP contribution is 2.32. The Labute approximate surface area is 154 Å². The quantitative estimate of drug-likeness (QED) is 0.794. The van der Waals surface area contributed by atoms with Gasteiger partial charge >= 0.3 is 5.97 Å². The van der Waals surface area contributed by atoms with Crippen LogP contribution in [0.1, 0.15) is 72.0 Å². The normalized spacial score (nSPS) is 16.0. The van der Waals surface area contributed by atoms with Crippen molar-refractivity contribution in [3.05, 3.63) is 71.3 Å². The van der Waals surface area contributed by atoms with Gasteiger partial charge in [0.05, 0.1) is 12.5 Å². The summed E-state index contributed by atoms with van der Waals surface area (Å²) in [6.07, 6.45) is 6.18. The van der Waals surface area contributed by atoms with Crippen LogP contribution in [0.3, 0.4) is 0 Å². The van der Waals surface area contributed by atoms with Gasteiger partial charge in [0, 0.05) is 5.56 Å². The Hall–Kier alpha value is -2.62. The van der Waals surface area contributed by atoms with Gasteiger partial charge in [-0.2, -0.15) is 0 Å². The van der Waals surface area contributed by atoms with Crippen molar-refractivity contribution in [3.8, 4) is 0 Å². The summed E-state index contributed by atoms with van der Waals surface area (Å²) in [5.41, 5.74) is 2.66. The van der Waals surface area contributed by atoms with Crippen LogP contribution in [0.2, 0.25) is 0 Å². The molecule has 3 rings (SSSR count). The summed E-state index contributed by atoms with van der Waals surface area (Å²) < 4.78 is 0. The van der Waals surface area contributed by atoms with E-state index in [4.69, 9.17) is 5.11 Å². The third-order valence-corrected chi connectivity index (χ3v) is 5.14. The first-order valence-corrected chi connectivity index (χ1v) is 9.31. The van der Waals surface area contributed by atoms with Crippen LogP contribution in [0.5, 0.6) is 0 Å². The van der Waals surface area contributed by atoms with Crippen molar-refractivity contribution in [1.82, 2.24) is 5.32 Å². The number of rotatable bonds is 6. The fourth-order valence-corrected chi connectivity index (χ4v) is 3.70. The second-order valence-corrected chi connectivity index (χ2v) is 6.99. The van der Waals surface area contributed by atoms with E-state index in [0.717, 1.165) is 5.56 Å². The van der Waals surface area contributed by atoms with Gasteiger partial charge in [0.1, 0.15) is 0 Å². The summed E-state index contributed by atoms with van der Waals surface area (Å²) in [6, 6.07) is 16.5. The molecule has 4 heteroatoms. The lowest BCUT2D eigenvalue weighted by molar-refractivity contribution is -0.137. The van der Waals surface area contributed by atoms with Crippen LogP contribution < -0.4 is 5.32 Å². The zero-order valence-electron chi connectivity index (χ0n) is 14.9. The number of carbonyl (C=O) groups excluding carboxylic acids is 1. The Balaban J connectivity index is 1.69. The minimum atomic E-state index is -0.938. The van der Waals surface area contributed by atoms with E-state index in [2.05, 4.69) is 5.32 Å². The average molecular weight is 351 g/mol. The Bertz CT molecular complexity index is 734. The molecule has 1 amide bonds. The molecule has 1 saturated carbocycles. The monoisotopic (exact) mass is 351 g/mol. The van der Waals surface area contributed by atoms with Crippen molar-refractivity contribution < 1.29 is 14.7 Å². The van der Waals surface area contributed by atoms with E-state index >= 15 is 0 Å². The molecule has 2 N–H and O–H groups in total. The lowest BCUT2D eigenvalue weighted by Crippen LogP contribution is -2.30. The number of aliphatic carboxylic acids is 1. The smallest absolute Gasteiger partial charge is 0.305 e. The number of carboxylic acid groups (broad SMARTS) is 1. The molecule has 1 aliphatic carbocycles. The molecule has 0 spiro atoms. The molecule has 4 nitrogen and oxygen atoms in total. The van der Waals surface area contributed by atoms with Gasteiger partial charge in [-0.25, -0.2) is 0 Å². The Morgan fingerprint density at radius 1 is 0.962 bits per heavy atom. The van der Waals surface area contributed by atoms with Crippen molar-refractivity contribution in [2.45, 2.75) is 50.5 Å². The van der Waals surface area contributed by atoms with E-state index in [1.807, 2.05) is 54.6 Å². The van der Waals surface area contributed by atoms with Crippen LogP contribution in [0, 0.1) is 0 Å². The molecule has 1 atom stereocenters. The zero-order valence-corrected chi connectivity index (χ0v) is 14.9. The van der Waals surface area contributed by atoms with E-state index < -0.39 is 12.0 Å². The van der Waals surface area contributed by atoms with Gasteiger partial charge in [-0.1, -0.05) is 61.7 Å². The fourth-order valence-electron chi connectivity index (χ4n) is 3.70. The average Bonchev–Trinajstić information content (AvgIpc) is 2.68. The van der Waals surface area contributed by atoms with Crippen LogP contribution in [0.25, 0.3) is 0 Å². The van der Waals surface area contributed by atoms with E-state index in [1.165, 1.54) is 37.7 Å². The Kier molecular flexibility index (Phi) is 6.05. The van der Waals surface area contributed by atoms with E-state index in [1.54, 1.807) is 0 Å². The minimum Gasteiger partial charge on any atom is -0.481 e. The predicted octanol–water partition coefficient (Wildman–Crippen LogP) is 4.68. The highest BCUT2D eigenvalue weighted by Gasteiger charge is 2.20. The summed E-state index contributed by atoms with van der Waals surface area (Å²) in [7, 11) is 0. The molecule has 0 heterocycles. The van der Waals surface area contributed by atoms with Gasteiger partial charge < -0.3 is 10.4 Å². The van der Waals surface area contributed by atoms with Gasteiger partial charge in [0.25, 0.3) is 5.91 Å². The standard InChI is InChI=1S/C22H25NO3/c24-21(25)15-20(18-9-5-2-6-10-18)23-22(26)19-13-11-17(12-14-19)16-7-3-1-4-8-16/h2,5-6,9-14,16,20H,1,3-4,7-8,15H2,(H,23,26)(H,24,25). The van der Waals surface area contributed by atoms with Gasteiger partial charge in [-0.15, -0.1) is 0 Å². The third kappa shape index (κ3) is 4.72. The lowest BCUT2D eigenvalue weighted by Gasteiger charge is -2.22. The summed E-state index contributed by atoms with van der Waals surface area (Å²) in [5.74, 6) is -0.577. The summed E-state index contributed by atoms with van der Waals surface area (Å²) in [4.78, 5) is 23.8. The first-order chi connectivity index (χ1) is 12.6. The molecule has 0 aromatic heterocycles. The van der Waals surface area contributed by atoms with Crippen LogP contribution in [-0.2, 0) is 4.79 Å². The predicted molar refractivity (Wildman–Crippen MR) is 101 cm³/mol. The largest absolute Gasteiger partial charge is 0.481 e. The number of carboxylic acids is 1. The summed E-state index contributed by atoms with van der Waals surface area (Å²) in [6.45, 7) is 0. The van der Waals surface area contributed by atoms with Gasteiger partial charge in [0.2, 0.25) is 0 Å². The first kappa shape index (κ1) is 18.2. The molecule has 0 aliphatic heterocycles. The number of hydrogen-bond acceptors (Lipinski definition) is 2. The molecule has 0 radical (unpaired) electrons. The maximum atomic E-state index is 12.6. The molecule has 1 aliphatic rings. The number of amides is 1. The van der Waals surface area contributed by atoms with Crippen LogP contribution in [0.15, 0.2) is 54.6 Å². The van der Waals surface area contributed by atoms with Crippen molar-refractivity contribution >= 4 is 11.9 Å². The number of nitrogens with one attached hydrogen (secondary N) is 1. The molecule has 1 unspecified atom stereocenters. The molecular formula is C22H25NO3. The highest BCUT2D eigenvalue weighted by molar-refractivity contribution is 5.94. The molecular weight excluding hydrogens is 326 g/mol. The molecule has 0 saturated heterocycles. The van der Waals surface area contributed by atoms with E-state index in [0.29, 0.717) is 11.5 Å². The lowest BCUT2D eigenvalue weighted by atomic mass is 9.84. The zero-order chi connectivity index (χ0) is 18.4. The highest BCUT2D eigenvalue weighted by atomic mass is 16.4. The van der Waals surface area contributed by atoms with Gasteiger partial charge in [-0.3, -0.25) is 9.59 Å². The fraction of sp³-hybridized carbons (Fsp3) is 0.364. The summed E-state index contributed by atoms with van der Waals surface area (Å²) >= 11 is 0. The minimum absolute atomic E-state index is 0.143. The number of hydrogen-bond donors (Lipinski definition) is 2. The molecule has 1 fully saturated rings. The maximum absolute atomic E-state index is 12.6. The molecule has 2 aromatic rings. The first-order valence-electron chi connectivity index (χ1n) is 9.31. The second kappa shape index (κ2) is 8.65. The second-order valence-electron chi connectivity index (χ2n) is 6.99. The maximum Gasteiger partial charge on any atom is 0.305 e. The summed E-state index contributed by atoms with van der Waals surface area (Å²) in [5, 5.41) is 12.0. The van der Waals surface area contributed by atoms with Crippen molar-refractivity contribution in [3.63, 3.8) is 0 Å². The Morgan fingerprint density at radius 2 is 1.62 bits per heavy atom. The van der Waals surface area contributed by atoms with Crippen LogP contribution in [-0.4, -0.2) is 17.0 Å². The number of carbonyl (C=O) groups is 2. The van der Waals surface area contributed by atoms with Gasteiger partial charge in [0.15, 0.2) is 0 Å². The van der Waals surface area contributed by atoms with Crippen molar-refractivity contribution in [2.75, 3.05) is 0 Å². The SMILES string of the molecule is O=C(O)CC(NC(=O)c1ccc(C2CCCCC2)cc1)c1ccccc1. The number of benzene rings is 2. The van der Waals surface area contributed by atoms with Crippen molar-refractivity contribution in [2.24, 2.45) is 0 Å². The van der Waals surface area contributed by atoms with Crippen LogP contribution in [0.4, 0.5) is 0 Å². The van der Waals surface area contributed by atoms with Crippen molar-refractivity contribution in [1.29, 1.82) is 0 Å². The molecule has 26 heavy (non-hydrogen) atoms. The Morgan fingerprint density at radius 3 is 2.23 bits per heavy atom. The topological polar surface area (TPSA) is 66.4 Å². The van der Waals surface area contributed by atoms with E-state index in [-0.39, 0.29) is 12.3 Å². The third-order valence-electron chi connectivity index (χ3n) is 5.14. The molecule has 0 bridgehead atoms.